The smallest absolute Gasteiger partial charge is 0.102 e. The second kappa shape index (κ2) is 11.7. The Morgan fingerprint density at radius 2 is 1.34 bits per heavy atom. The fraction of sp³-hybridized carbons (Fsp3) is 0.0889. The van der Waals surface area contributed by atoms with Crippen molar-refractivity contribution in [3.8, 4) is 51.8 Å². The number of para-hydroxylation sites is 2. The molecule has 0 radical (unpaired) electrons. The highest BCUT2D eigenvalue weighted by atomic mass is 15.0. The maximum atomic E-state index is 10.8. The molecule has 2 aliphatic carbocycles. The highest BCUT2D eigenvalue weighted by molar-refractivity contribution is 6.01. The first-order chi connectivity index (χ1) is 24.7. The molecule has 9 rings (SSSR count). The van der Waals surface area contributed by atoms with Gasteiger partial charge in [-0.2, -0.15) is 15.8 Å². The number of benzene rings is 5. The lowest BCUT2D eigenvalue weighted by atomic mass is 9.93. The number of aromatic nitrogens is 2. The quantitative estimate of drug-likeness (QED) is 0.192. The standard InChI is InChI=1S/C45H29N5/c46-26-29-22-23-43-37(24-29)45-32(27-47)12-8-21-44(45)50(43)39-17-4-1-13-34(39)31-11-7-10-30(25-31)33-16-9-20-42(38(33)28-48)49-40-18-5-2-14-35(40)36-15-3-6-19-41(36)49/h1-2,4-7,9-14,16-20,22-25H,3,8,15,21H2. The van der Waals surface area contributed by atoms with E-state index in [-0.39, 0.29) is 0 Å². The summed E-state index contributed by atoms with van der Waals surface area (Å²) in [5.74, 6) is 0. The zero-order valence-corrected chi connectivity index (χ0v) is 27.2. The summed E-state index contributed by atoms with van der Waals surface area (Å²) >= 11 is 0. The Hall–Kier alpha value is -6.87. The van der Waals surface area contributed by atoms with Crippen molar-refractivity contribution in [1.82, 2.24) is 9.13 Å². The molecule has 0 atom stereocenters. The molecule has 2 heterocycles. The van der Waals surface area contributed by atoms with E-state index in [1.165, 1.54) is 10.9 Å². The number of fused-ring (bicyclic) bond motifs is 6. The minimum Gasteiger partial charge on any atom is -0.312 e. The summed E-state index contributed by atoms with van der Waals surface area (Å²) in [6.45, 7) is 0. The minimum absolute atomic E-state index is 0.571. The summed E-state index contributed by atoms with van der Waals surface area (Å²) in [4.78, 5) is 0. The second-order valence-corrected chi connectivity index (χ2v) is 12.8. The van der Waals surface area contributed by atoms with Crippen LogP contribution in [0.15, 0.2) is 121 Å². The van der Waals surface area contributed by atoms with Gasteiger partial charge in [-0.25, -0.2) is 0 Å². The van der Waals surface area contributed by atoms with Gasteiger partial charge in [-0.05, 0) is 90.9 Å². The predicted octanol–water partition coefficient (Wildman–Crippen LogP) is 10.5. The lowest BCUT2D eigenvalue weighted by Gasteiger charge is -2.19. The zero-order valence-electron chi connectivity index (χ0n) is 27.2. The van der Waals surface area contributed by atoms with E-state index in [0.717, 1.165) is 92.7 Å². The van der Waals surface area contributed by atoms with E-state index in [9.17, 15) is 15.8 Å². The minimum atomic E-state index is 0.571. The van der Waals surface area contributed by atoms with E-state index < -0.39 is 0 Å². The number of allylic oxidation sites excluding steroid dienone is 3. The van der Waals surface area contributed by atoms with E-state index in [2.05, 4.69) is 106 Å². The summed E-state index contributed by atoms with van der Waals surface area (Å²) in [7, 11) is 0. The molecule has 0 bridgehead atoms. The Kier molecular flexibility index (Phi) is 6.84. The largest absolute Gasteiger partial charge is 0.312 e. The van der Waals surface area contributed by atoms with Gasteiger partial charge in [0.15, 0.2) is 0 Å². The summed E-state index contributed by atoms with van der Waals surface area (Å²) < 4.78 is 4.52. The van der Waals surface area contributed by atoms with Crippen molar-refractivity contribution in [3.63, 3.8) is 0 Å². The molecule has 2 aliphatic rings. The highest BCUT2D eigenvalue weighted by Crippen LogP contribution is 2.42. The lowest BCUT2D eigenvalue weighted by molar-refractivity contribution is 0.886. The van der Waals surface area contributed by atoms with Crippen LogP contribution in [-0.4, -0.2) is 9.13 Å². The molecule has 0 N–H and O–H groups in total. The van der Waals surface area contributed by atoms with E-state index in [0.29, 0.717) is 16.7 Å². The third-order valence-electron chi connectivity index (χ3n) is 10.2. The van der Waals surface area contributed by atoms with E-state index in [1.807, 2.05) is 48.5 Å². The number of nitriles is 3. The Bertz CT molecular complexity index is 2750. The van der Waals surface area contributed by atoms with Gasteiger partial charge in [0, 0.05) is 38.9 Å². The molecule has 0 unspecified atom stereocenters. The van der Waals surface area contributed by atoms with Crippen LogP contribution in [0.2, 0.25) is 0 Å². The molecule has 234 valence electrons. The molecule has 5 aromatic carbocycles. The van der Waals surface area contributed by atoms with E-state index in [4.69, 9.17) is 0 Å². The first-order valence-electron chi connectivity index (χ1n) is 16.9. The Morgan fingerprint density at radius 3 is 2.20 bits per heavy atom. The molecule has 0 amide bonds. The summed E-state index contributed by atoms with van der Waals surface area (Å²) in [6, 6.07) is 44.4. The van der Waals surface area contributed by atoms with Crippen molar-refractivity contribution in [2.75, 3.05) is 0 Å². The summed E-state index contributed by atoms with van der Waals surface area (Å²) in [6.07, 6.45) is 9.98. The Morgan fingerprint density at radius 1 is 0.580 bits per heavy atom. The molecule has 5 heteroatoms. The molecule has 0 saturated heterocycles. The normalized spacial score (nSPS) is 13.3. The molecule has 0 spiro atoms. The average Bonchev–Trinajstić information content (AvgIpc) is 3.70. The predicted molar refractivity (Wildman–Crippen MR) is 200 cm³/mol. The number of hydrogen-bond acceptors (Lipinski definition) is 3. The Balaban J connectivity index is 1.22. The summed E-state index contributed by atoms with van der Waals surface area (Å²) in [5, 5.41) is 32.7. The van der Waals surface area contributed by atoms with Gasteiger partial charge in [0.05, 0.1) is 51.2 Å². The van der Waals surface area contributed by atoms with Crippen molar-refractivity contribution >= 4 is 33.5 Å². The van der Waals surface area contributed by atoms with Crippen LogP contribution in [0.3, 0.4) is 0 Å². The van der Waals surface area contributed by atoms with Crippen LogP contribution in [0, 0.1) is 34.0 Å². The van der Waals surface area contributed by atoms with Gasteiger partial charge in [-0.1, -0.05) is 78.9 Å². The summed E-state index contributed by atoms with van der Waals surface area (Å²) in [5.41, 5.74) is 14.2. The third-order valence-corrected chi connectivity index (χ3v) is 10.2. The first kappa shape index (κ1) is 29.3. The van der Waals surface area contributed by atoms with Gasteiger partial charge < -0.3 is 9.13 Å². The van der Waals surface area contributed by atoms with Crippen LogP contribution in [0.25, 0.3) is 67.1 Å². The van der Waals surface area contributed by atoms with Gasteiger partial charge in [0.25, 0.3) is 0 Å². The molecular formula is C45H29N5. The first-order valence-corrected chi connectivity index (χ1v) is 16.9. The average molecular weight is 640 g/mol. The fourth-order valence-electron chi connectivity index (χ4n) is 8.08. The van der Waals surface area contributed by atoms with E-state index >= 15 is 0 Å². The zero-order chi connectivity index (χ0) is 33.8. The molecule has 7 aromatic rings. The Labute approximate surface area is 290 Å². The van der Waals surface area contributed by atoms with Crippen molar-refractivity contribution < 1.29 is 0 Å². The van der Waals surface area contributed by atoms with Crippen LogP contribution in [0.1, 0.15) is 46.5 Å². The third kappa shape index (κ3) is 4.37. The maximum Gasteiger partial charge on any atom is 0.102 e. The number of hydrogen-bond donors (Lipinski definition) is 0. The van der Waals surface area contributed by atoms with Crippen molar-refractivity contribution in [2.45, 2.75) is 25.7 Å². The van der Waals surface area contributed by atoms with Crippen molar-refractivity contribution in [1.29, 1.82) is 15.8 Å². The molecule has 2 aromatic heterocycles. The van der Waals surface area contributed by atoms with Gasteiger partial charge in [-0.3, -0.25) is 0 Å². The fourth-order valence-corrected chi connectivity index (χ4v) is 8.08. The van der Waals surface area contributed by atoms with Gasteiger partial charge in [0.1, 0.15) is 6.07 Å². The van der Waals surface area contributed by atoms with Gasteiger partial charge in [0.2, 0.25) is 0 Å². The molecule has 0 fully saturated rings. The van der Waals surface area contributed by atoms with Gasteiger partial charge in [-0.15, -0.1) is 0 Å². The van der Waals surface area contributed by atoms with Crippen LogP contribution >= 0.6 is 0 Å². The van der Waals surface area contributed by atoms with Crippen molar-refractivity contribution in [3.05, 3.63) is 155 Å². The van der Waals surface area contributed by atoms with Crippen LogP contribution in [-0.2, 0) is 12.8 Å². The second-order valence-electron chi connectivity index (χ2n) is 12.8. The van der Waals surface area contributed by atoms with Crippen LogP contribution in [0.4, 0.5) is 0 Å². The number of aryl methyl sites for hydroxylation is 1. The molecule has 0 aliphatic heterocycles. The lowest BCUT2D eigenvalue weighted by Crippen LogP contribution is -2.06. The monoisotopic (exact) mass is 639 g/mol. The number of nitrogens with zero attached hydrogens (tertiary/aromatic N) is 5. The maximum absolute atomic E-state index is 10.8. The molecule has 0 saturated carbocycles. The molecule has 50 heavy (non-hydrogen) atoms. The number of rotatable bonds is 4. The molecule has 5 nitrogen and oxygen atoms in total. The van der Waals surface area contributed by atoms with Crippen LogP contribution < -0.4 is 0 Å². The molecular weight excluding hydrogens is 611 g/mol. The van der Waals surface area contributed by atoms with E-state index in [1.54, 1.807) is 0 Å². The van der Waals surface area contributed by atoms with Crippen molar-refractivity contribution in [2.24, 2.45) is 0 Å². The highest BCUT2D eigenvalue weighted by Gasteiger charge is 2.26. The topological polar surface area (TPSA) is 81.2 Å². The SMILES string of the molecule is N#CC1=CCCc2c1c1cc(C#N)ccc1n2-c1ccccc1-c1cccc(-c2cccc(-n3c4c(c5ccccc53)CCC=C4)c2C#N)c1. The van der Waals surface area contributed by atoms with Crippen LogP contribution in [0.5, 0.6) is 0 Å². The van der Waals surface area contributed by atoms with Gasteiger partial charge >= 0.3 is 0 Å².